The third kappa shape index (κ3) is 182. The standard InChI is InChI=1S/C13H18O2.C10H20O2.C10H14.C8H18.4C7H16.C6H13NO.C6H12O2.2C6H14.C5H12.C4H10/c1-11(2)8-9-13(14)15-10-12-6-4-3-5-7-12;1-8(2)6-7-9(11)12-10(3,4)5;1-9(2)8-10-6-4-3-5-7-10;1-4-5-6-7-8(2)3;1-6(2)7(3,4)5;1-6(2)5-7(3)4;2*1-4-5-6-7(2)3;2*1-5(2)3-4-6(7)8;1-5(2)6(3)4;1-4-5-6(2)3;1-4-5(2)3;1-4(2)3/h3-7,11H,8-10H2,1-2H3;8H,6-7H2,1-5H3;3-7,9H,8H2,1-2H3;8H,4-7H2,1-3H3;6H,1-5H3;6-7H,5H2,1-4H3;2*7H,4-6H2,1-3H3;5H,3-4H2,1-2H3,(H2,7,8);5H,3-4H2,1-2H3,(H,7,8);5-6H,1-4H3;6H,4-5H2,1-3H3;5H,4H2,1-3H3;4H,1-3H3. The van der Waals surface area contributed by atoms with Crippen molar-refractivity contribution in [1.29, 1.82) is 0 Å². The fourth-order valence-electron chi connectivity index (χ4n) is 7.49. The zero-order valence-electron chi connectivity index (χ0n) is 83.5. The van der Waals surface area contributed by atoms with Crippen LogP contribution in [0.25, 0.3) is 0 Å². The minimum absolute atomic E-state index is 0.0869. The number of carbonyl (C=O) groups excluding carboxylic acids is 3. The minimum Gasteiger partial charge on any atom is -0.481 e. The molecule has 8 heteroatoms. The van der Waals surface area contributed by atoms with Crippen LogP contribution in [0.5, 0.6) is 0 Å². The first-order valence-electron chi connectivity index (χ1n) is 45.3. The summed E-state index contributed by atoms with van der Waals surface area (Å²) in [6.45, 7) is 96.7. The summed E-state index contributed by atoms with van der Waals surface area (Å²) in [6, 6.07) is 20.4. The third-order valence-corrected chi connectivity index (χ3v) is 16.3. The number of carboxylic acids is 1. The molecule has 0 spiro atoms. The van der Waals surface area contributed by atoms with Gasteiger partial charge < -0.3 is 20.3 Å². The predicted molar refractivity (Wildman–Crippen MR) is 502 cm³/mol. The fourth-order valence-corrected chi connectivity index (χ4v) is 7.49. The van der Waals surface area contributed by atoms with Crippen molar-refractivity contribution in [2.24, 2.45) is 106 Å². The molecule has 2 rings (SSSR count). The van der Waals surface area contributed by atoms with E-state index >= 15 is 0 Å². The molecule has 3 N–H and O–H groups in total. The number of benzene rings is 2. The number of carbonyl (C=O) groups is 4. The second-order valence-electron chi connectivity index (χ2n) is 39.1. The second-order valence-corrected chi connectivity index (χ2v) is 39.1. The van der Waals surface area contributed by atoms with Crippen LogP contribution in [0.15, 0.2) is 60.7 Å². The largest absolute Gasteiger partial charge is 0.481 e. The van der Waals surface area contributed by atoms with Crippen molar-refractivity contribution in [3.63, 3.8) is 0 Å². The van der Waals surface area contributed by atoms with E-state index in [0.29, 0.717) is 61.4 Å². The van der Waals surface area contributed by atoms with Crippen molar-refractivity contribution in [2.75, 3.05) is 0 Å². The van der Waals surface area contributed by atoms with E-state index in [0.717, 1.165) is 102 Å². The second kappa shape index (κ2) is 94.2. The Morgan fingerprint density at radius 1 is 0.355 bits per heavy atom. The van der Waals surface area contributed by atoms with Gasteiger partial charge in [0, 0.05) is 25.7 Å². The Kier molecular flexibility index (Phi) is 113. The van der Waals surface area contributed by atoms with Gasteiger partial charge in [0.2, 0.25) is 5.91 Å². The van der Waals surface area contributed by atoms with E-state index in [4.69, 9.17) is 20.3 Å². The first-order chi connectivity index (χ1) is 50.3. The van der Waals surface area contributed by atoms with Gasteiger partial charge in [0.1, 0.15) is 12.2 Å². The molecule has 0 fully saturated rings. The van der Waals surface area contributed by atoms with Gasteiger partial charge in [0.25, 0.3) is 0 Å². The molecule has 2 aromatic carbocycles. The van der Waals surface area contributed by atoms with Crippen LogP contribution in [0.1, 0.15) is 457 Å². The summed E-state index contributed by atoms with van der Waals surface area (Å²) in [5.41, 5.74) is 7.54. The molecule has 0 saturated carbocycles. The highest BCUT2D eigenvalue weighted by Gasteiger charge is 2.16. The number of aliphatic carboxylic acids is 1. The fraction of sp³-hybridized carbons (Fsp3) is 0.843. The van der Waals surface area contributed by atoms with Gasteiger partial charge in [-0.15, -0.1) is 0 Å². The van der Waals surface area contributed by atoms with Crippen molar-refractivity contribution in [3.05, 3.63) is 71.8 Å². The molecular formula is C102H209NO7. The van der Waals surface area contributed by atoms with E-state index in [9.17, 15) is 19.2 Å². The maximum absolute atomic E-state index is 11.3. The molecule has 664 valence electrons. The van der Waals surface area contributed by atoms with Crippen molar-refractivity contribution in [2.45, 2.75) is 465 Å². The van der Waals surface area contributed by atoms with Crippen LogP contribution in [0, 0.1) is 100 Å². The summed E-state index contributed by atoms with van der Waals surface area (Å²) >= 11 is 0. The lowest BCUT2D eigenvalue weighted by atomic mass is 9.84. The number of primary amides is 1. The van der Waals surface area contributed by atoms with E-state index in [1.165, 1.54) is 102 Å². The molecule has 0 aliphatic heterocycles. The van der Waals surface area contributed by atoms with Crippen LogP contribution < -0.4 is 5.73 Å². The number of hydrogen-bond acceptors (Lipinski definition) is 6. The predicted octanol–water partition coefficient (Wildman–Crippen LogP) is 34.0. The summed E-state index contributed by atoms with van der Waals surface area (Å²) in [4.78, 5) is 42.5. The number of esters is 2. The molecule has 0 radical (unpaired) electrons. The quantitative estimate of drug-likeness (QED) is 0.0550. The molecule has 0 atom stereocenters. The summed E-state index contributed by atoms with van der Waals surface area (Å²) in [5.74, 6) is 11.5. The number of amides is 1. The molecule has 0 saturated heterocycles. The number of ether oxygens (including phenoxy) is 2. The van der Waals surface area contributed by atoms with E-state index in [1.807, 2.05) is 65.0 Å². The highest BCUT2D eigenvalue weighted by atomic mass is 16.6. The van der Waals surface area contributed by atoms with E-state index < -0.39 is 5.97 Å². The molecule has 1 amide bonds. The Morgan fingerprint density at radius 2 is 0.645 bits per heavy atom. The van der Waals surface area contributed by atoms with Crippen LogP contribution in [-0.4, -0.2) is 34.5 Å². The number of carboxylic acid groups (broad SMARTS) is 1. The smallest absolute Gasteiger partial charge is 0.306 e. The third-order valence-electron chi connectivity index (χ3n) is 16.3. The minimum atomic E-state index is -0.696. The van der Waals surface area contributed by atoms with Gasteiger partial charge in [-0.1, -0.05) is 428 Å². The van der Waals surface area contributed by atoms with Gasteiger partial charge in [-0.25, -0.2) is 0 Å². The summed E-state index contributed by atoms with van der Waals surface area (Å²) in [7, 11) is 0. The zero-order valence-corrected chi connectivity index (χ0v) is 83.5. The maximum Gasteiger partial charge on any atom is 0.306 e. The SMILES string of the molecule is CC(C)C.CC(C)C(C)(C)C.CC(C)C(C)C.CC(C)CC(C)C.CC(C)CCC(=O)O.CC(C)CCC(=O)OC(C)(C)C.CC(C)CCC(=O)OCc1ccccc1.CC(C)CCC(N)=O.CC(C)Cc1ccccc1.CCC(C)C.CCCC(C)C.CCCCC(C)C.CCCCC(C)C.CCCCCC(C)C. The average Bonchev–Trinajstić information content (AvgIpc) is 0.969. The van der Waals surface area contributed by atoms with E-state index in [1.54, 1.807) is 0 Å². The summed E-state index contributed by atoms with van der Waals surface area (Å²) in [5, 5.41) is 8.16. The van der Waals surface area contributed by atoms with E-state index in [2.05, 4.69) is 300 Å². The van der Waals surface area contributed by atoms with Crippen molar-refractivity contribution in [1.82, 2.24) is 0 Å². The summed E-state index contributed by atoms with van der Waals surface area (Å²) < 4.78 is 10.3. The molecule has 0 bridgehead atoms. The van der Waals surface area contributed by atoms with Crippen molar-refractivity contribution < 1.29 is 33.8 Å². The molecule has 2 aromatic rings. The Bertz CT molecular complexity index is 2000. The lowest BCUT2D eigenvalue weighted by Gasteiger charge is -2.22. The van der Waals surface area contributed by atoms with Crippen molar-refractivity contribution >= 4 is 23.8 Å². The topological polar surface area (TPSA) is 133 Å². The normalized spacial score (nSPS) is 10.6. The van der Waals surface area contributed by atoms with Crippen LogP contribution in [0.2, 0.25) is 0 Å². The van der Waals surface area contributed by atoms with Gasteiger partial charge in [-0.3, -0.25) is 19.2 Å². The first kappa shape index (κ1) is 133. The highest BCUT2D eigenvalue weighted by Crippen LogP contribution is 2.24. The van der Waals surface area contributed by atoms with Gasteiger partial charge in [-0.2, -0.15) is 0 Å². The van der Waals surface area contributed by atoms with Gasteiger partial charge in [-0.05, 0) is 171 Å². The summed E-state index contributed by atoms with van der Waals surface area (Å²) in [6.07, 6.45) is 25.9. The first-order valence-corrected chi connectivity index (χ1v) is 45.3. The molecule has 110 heavy (non-hydrogen) atoms. The van der Waals surface area contributed by atoms with Crippen LogP contribution >= 0.6 is 0 Å². The van der Waals surface area contributed by atoms with Gasteiger partial charge in [0.15, 0.2) is 0 Å². The van der Waals surface area contributed by atoms with Crippen molar-refractivity contribution in [3.8, 4) is 0 Å². The molecular weight excluding hydrogens is 1350 g/mol. The average molecular weight is 1560 g/mol. The highest BCUT2D eigenvalue weighted by molar-refractivity contribution is 5.73. The van der Waals surface area contributed by atoms with Crippen LogP contribution in [-0.2, 0) is 41.7 Å². The molecule has 0 aromatic heterocycles. The van der Waals surface area contributed by atoms with Crippen LogP contribution in [0.3, 0.4) is 0 Å². The lowest BCUT2D eigenvalue weighted by molar-refractivity contribution is -0.155. The van der Waals surface area contributed by atoms with E-state index in [-0.39, 0.29) is 23.4 Å². The zero-order chi connectivity index (χ0) is 89.2. The van der Waals surface area contributed by atoms with Gasteiger partial charge in [0.05, 0.1) is 0 Å². The molecule has 8 nitrogen and oxygen atoms in total. The molecule has 0 aliphatic rings. The number of rotatable bonds is 32. The number of unbranched alkanes of at least 4 members (excludes halogenated alkanes) is 4. The molecule has 0 heterocycles. The molecule has 0 aliphatic carbocycles. The maximum atomic E-state index is 11.3. The number of hydrogen-bond donors (Lipinski definition) is 2. The lowest BCUT2D eigenvalue weighted by Crippen LogP contribution is -2.23. The molecule has 0 unspecified atom stereocenters. The van der Waals surface area contributed by atoms with Crippen LogP contribution in [0.4, 0.5) is 0 Å². The number of nitrogens with two attached hydrogens (primary N) is 1. The monoisotopic (exact) mass is 1560 g/mol. The Hall–Kier alpha value is -3.68. The Labute approximate surface area is 695 Å². The Morgan fingerprint density at radius 3 is 0.836 bits per heavy atom. The Balaban J connectivity index is -0.0000000952. The van der Waals surface area contributed by atoms with Gasteiger partial charge >= 0.3 is 17.9 Å².